The Bertz CT molecular complexity index is 708. The van der Waals surface area contributed by atoms with Crippen molar-refractivity contribution in [2.45, 2.75) is 47.3 Å². The van der Waals surface area contributed by atoms with Gasteiger partial charge in [-0.15, -0.1) is 35.3 Å². The van der Waals surface area contributed by atoms with Crippen LogP contribution in [0.2, 0.25) is 0 Å². The normalized spacial score (nSPS) is 11.4. The van der Waals surface area contributed by atoms with E-state index in [9.17, 15) is 0 Å². The zero-order chi connectivity index (χ0) is 18.9. The van der Waals surface area contributed by atoms with Crippen LogP contribution in [0.1, 0.15) is 40.6 Å². The summed E-state index contributed by atoms with van der Waals surface area (Å²) in [5, 5.41) is 7.85. The second kappa shape index (κ2) is 12.3. The predicted octanol–water partition coefficient (Wildman–Crippen LogP) is 4.08. The van der Waals surface area contributed by atoms with Crippen LogP contribution in [0.25, 0.3) is 0 Å². The van der Waals surface area contributed by atoms with Crippen molar-refractivity contribution in [3.8, 4) is 0 Å². The van der Waals surface area contributed by atoms with Crippen LogP contribution in [0.4, 0.5) is 0 Å². The molecular formula is C20H32IN5S. The lowest BCUT2D eigenvalue weighted by Gasteiger charge is -2.18. The van der Waals surface area contributed by atoms with Crippen LogP contribution in [-0.2, 0) is 19.6 Å². The van der Waals surface area contributed by atoms with Gasteiger partial charge in [-0.05, 0) is 38.1 Å². The molecule has 0 aliphatic carbocycles. The van der Waals surface area contributed by atoms with E-state index < -0.39 is 0 Å². The molecule has 27 heavy (non-hydrogen) atoms. The molecule has 5 nitrogen and oxygen atoms in total. The van der Waals surface area contributed by atoms with Gasteiger partial charge >= 0.3 is 0 Å². The molecule has 7 heteroatoms. The molecule has 2 aromatic rings. The number of aliphatic imine (C=N–C) groups is 1. The van der Waals surface area contributed by atoms with Crippen LogP contribution in [0.15, 0.2) is 29.3 Å². The van der Waals surface area contributed by atoms with Crippen molar-refractivity contribution >= 4 is 41.3 Å². The van der Waals surface area contributed by atoms with Crippen LogP contribution in [0, 0.1) is 13.8 Å². The summed E-state index contributed by atoms with van der Waals surface area (Å²) in [5.41, 5.74) is 3.70. The fourth-order valence-corrected chi connectivity index (χ4v) is 3.65. The summed E-state index contributed by atoms with van der Waals surface area (Å²) in [4.78, 5) is 12.4. The molecule has 0 fully saturated rings. The van der Waals surface area contributed by atoms with Gasteiger partial charge in [-0.1, -0.05) is 38.1 Å². The molecule has 1 aromatic heterocycles. The first-order chi connectivity index (χ1) is 12.5. The van der Waals surface area contributed by atoms with E-state index in [1.165, 1.54) is 16.0 Å². The van der Waals surface area contributed by atoms with E-state index in [1.807, 2.05) is 6.92 Å². The molecule has 1 heterocycles. The summed E-state index contributed by atoms with van der Waals surface area (Å²) >= 11 is 1.73. The molecule has 0 unspecified atom stereocenters. The van der Waals surface area contributed by atoms with Crippen LogP contribution < -0.4 is 10.6 Å². The average molecular weight is 501 g/mol. The van der Waals surface area contributed by atoms with Crippen molar-refractivity contribution in [1.29, 1.82) is 0 Å². The molecule has 0 atom stereocenters. The molecule has 150 valence electrons. The first-order valence-corrected chi connectivity index (χ1v) is 10.0. The number of nitrogens with zero attached hydrogens (tertiary/aromatic N) is 3. The van der Waals surface area contributed by atoms with Gasteiger partial charge in [-0.25, -0.2) is 4.98 Å². The van der Waals surface area contributed by atoms with Gasteiger partial charge in [-0.3, -0.25) is 9.89 Å². The number of rotatable bonds is 8. The van der Waals surface area contributed by atoms with Gasteiger partial charge in [0.05, 0.1) is 17.2 Å². The zero-order valence-corrected chi connectivity index (χ0v) is 20.1. The molecule has 0 saturated carbocycles. The lowest BCUT2D eigenvalue weighted by atomic mass is 10.1. The molecule has 0 amide bonds. The monoisotopic (exact) mass is 501 g/mol. The van der Waals surface area contributed by atoms with Gasteiger partial charge in [0.15, 0.2) is 5.96 Å². The van der Waals surface area contributed by atoms with E-state index in [4.69, 9.17) is 0 Å². The Kier molecular flexibility index (Phi) is 10.9. The molecule has 0 aliphatic rings. The highest BCUT2D eigenvalue weighted by molar-refractivity contribution is 14.0. The number of benzene rings is 1. The maximum Gasteiger partial charge on any atom is 0.191 e. The quantitative estimate of drug-likeness (QED) is 0.325. The third-order valence-electron chi connectivity index (χ3n) is 4.42. The Morgan fingerprint density at radius 3 is 2.15 bits per heavy atom. The lowest BCUT2D eigenvalue weighted by Crippen LogP contribution is -2.36. The van der Waals surface area contributed by atoms with Gasteiger partial charge in [0.1, 0.15) is 0 Å². The van der Waals surface area contributed by atoms with Crippen LogP contribution in [-0.4, -0.2) is 36.0 Å². The number of aryl methyl sites for hydroxylation is 2. The molecule has 2 rings (SSSR count). The minimum atomic E-state index is 0. The summed E-state index contributed by atoms with van der Waals surface area (Å²) in [5.74, 6) is 0.808. The zero-order valence-electron chi connectivity index (χ0n) is 17.0. The summed E-state index contributed by atoms with van der Waals surface area (Å²) in [6.45, 7) is 13.2. The average Bonchev–Trinajstić information content (AvgIpc) is 2.98. The standard InChI is InChI=1S/C20H31N5S.HI/c1-6-25(7-2)14-18-10-8-17(9-11-18)12-22-20(21-5)23-13-19-15(3)24-16(4)26-19;/h8-11H,6-7,12-14H2,1-5H3,(H2,21,22,23);1H. The van der Waals surface area contributed by atoms with Crippen molar-refractivity contribution in [3.63, 3.8) is 0 Å². The van der Waals surface area contributed by atoms with Crippen molar-refractivity contribution in [3.05, 3.63) is 51.0 Å². The van der Waals surface area contributed by atoms with Crippen molar-refractivity contribution in [1.82, 2.24) is 20.5 Å². The molecule has 0 saturated heterocycles. The molecule has 0 radical (unpaired) electrons. The van der Waals surface area contributed by atoms with E-state index in [1.54, 1.807) is 18.4 Å². The summed E-state index contributed by atoms with van der Waals surface area (Å²) in [6.07, 6.45) is 0. The predicted molar refractivity (Wildman–Crippen MR) is 127 cm³/mol. The third kappa shape index (κ3) is 7.75. The molecule has 0 bridgehead atoms. The van der Waals surface area contributed by atoms with Crippen molar-refractivity contribution in [2.75, 3.05) is 20.1 Å². The second-order valence-corrected chi connectivity index (χ2v) is 7.59. The Labute approximate surface area is 184 Å². The molecule has 1 aromatic carbocycles. The molecule has 0 spiro atoms. The molecule has 0 aliphatic heterocycles. The van der Waals surface area contributed by atoms with Crippen LogP contribution >= 0.6 is 35.3 Å². The number of thiazole rings is 1. The number of hydrogen-bond acceptors (Lipinski definition) is 4. The van der Waals surface area contributed by atoms with Gasteiger partial charge in [0.25, 0.3) is 0 Å². The Balaban J connectivity index is 0.00000364. The lowest BCUT2D eigenvalue weighted by molar-refractivity contribution is 0.296. The fraction of sp³-hybridized carbons (Fsp3) is 0.500. The Morgan fingerprint density at radius 1 is 1.04 bits per heavy atom. The number of guanidine groups is 1. The maximum atomic E-state index is 4.46. The highest BCUT2D eigenvalue weighted by atomic mass is 127. The molecule has 2 N–H and O–H groups in total. The number of hydrogen-bond donors (Lipinski definition) is 2. The molecular weight excluding hydrogens is 469 g/mol. The number of halogens is 1. The summed E-state index contributed by atoms with van der Waals surface area (Å²) < 4.78 is 0. The number of nitrogens with one attached hydrogen (secondary N) is 2. The largest absolute Gasteiger partial charge is 0.352 e. The smallest absolute Gasteiger partial charge is 0.191 e. The van der Waals surface area contributed by atoms with E-state index in [0.29, 0.717) is 0 Å². The number of aromatic nitrogens is 1. The van der Waals surface area contributed by atoms with Gasteiger partial charge in [0, 0.05) is 25.0 Å². The topological polar surface area (TPSA) is 52.5 Å². The van der Waals surface area contributed by atoms with Crippen molar-refractivity contribution in [2.24, 2.45) is 4.99 Å². The third-order valence-corrected chi connectivity index (χ3v) is 5.50. The van der Waals surface area contributed by atoms with Gasteiger partial charge in [0.2, 0.25) is 0 Å². The van der Waals surface area contributed by atoms with Crippen LogP contribution in [0.5, 0.6) is 0 Å². The highest BCUT2D eigenvalue weighted by Gasteiger charge is 2.06. The van der Waals surface area contributed by atoms with E-state index in [2.05, 4.69) is 70.5 Å². The van der Waals surface area contributed by atoms with Crippen molar-refractivity contribution < 1.29 is 0 Å². The van der Waals surface area contributed by atoms with E-state index >= 15 is 0 Å². The summed E-state index contributed by atoms with van der Waals surface area (Å²) in [6, 6.07) is 8.82. The van der Waals surface area contributed by atoms with E-state index in [-0.39, 0.29) is 24.0 Å². The maximum absolute atomic E-state index is 4.46. The minimum Gasteiger partial charge on any atom is -0.352 e. The fourth-order valence-electron chi connectivity index (χ4n) is 2.78. The Hall–Kier alpha value is -1.19. The summed E-state index contributed by atoms with van der Waals surface area (Å²) in [7, 11) is 1.80. The second-order valence-electron chi connectivity index (χ2n) is 6.30. The minimum absolute atomic E-state index is 0. The first-order valence-electron chi connectivity index (χ1n) is 9.23. The van der Waals surface area contributed by atoms with E-state index in [0.717, 1.165) is 49.4 Å². The Morgan fingerprint density at radius 2 is 1.63 bits per heavy atom. The van der Waals surface area contributed by atoms with Gasteiger partial charge in [-0.2, -0.15) is 0 Å². The highest BCUT2D eigenvalue weighted by Crippen LogP contribution is 2.16. The first kappa shape index (κ1) is 23.8. The van der Waals surface area contributed by atoms with Gasteiger partial charge < -0.3 is 10.6 Å². The van der Waals surface area contributed by atoms with Crippen LogP contribution in [0.3, 0.4) is 0 Å². The SMILES string of the molecule is CCN(CC)Cc1ccc(CNC(=NC)NCc2sc(C)nc2C)cc1.I.